The Morgan fingerprint density at radius 2 is 1.84 bits per heavy atom. The van der Waals surface area contributed by atoms with Gasteiger partial charge >= 0.3 is 0 Å². The fourth-order valence-electron chi connectivity index (χ4n) is 1.37. The SMILES string of the molecule is CC(C(=O)NCC(N)c1ccccc1)S(C)(=O)=O.Cl. The van der Waals surface area contributed by atoms with Gasteiger partial charge in [-0.2, -0.15) is 0 Å². The van der Waals surface area contributed by atoms with Gasteiger partial charge < -0.3 is 11.1 Å². The Morgan fingerprint density at radius 1 is 1.32 bits per heavy atom. The third-order valence-corrected chi connectivity index (χ3v) is 4.23. The zero-order valence-electron chi connectivity index (χ0n) is 10.9. The fourth-order valence-corrected chi connectivity index (χ4v) is 1.84. The molecule has 0 radical (unpaired) electrons. The van der Waals surface area contributed by atoms with Crippen LogP contribution in [0, 0.1) is 0 Å². The van der Waals surface area contributed by atoms with Crippen LogP contribution in [-0.4, -0.2) is 32.4 Å². The number of amides is 1. The molecule has 5 nitrogen and oxygen atoms in total. The first-order valence-corrected chi connectivity index (χ1v) is 7.55. The highest BCUT2D eigenvalue weighted by atomic mass is 35.5. The maximum atomic E-state index is 11.6. The molecular weight excluding hydrogens is 288 g/mol. The maximum absolute atomic E-state index is 11.6. The van der Waals surface area contributed by atoms with Crippen molar-refractivity contribution in [3.05, 3.63) is 35.9 Å². The third-order valence-electron chi connectivity index (χ3n) is 2.74. The van der Waals surface area contributed by atoms with Crippen LogP contribution in [-0.2, 0) is 14.6 Å². The van der Waals surface area contributed by atoms with Crippen LogP contribution in [0.3, 0.4) is 0 Å². The number of carbonyl (C=O) groups excluding carboxylic acids is 1. The molecule has 0 bridgehead atoms. The minimum absolute atomic E-state index is 0. The molecular formula is C12H19ClN2O3S. The summed E-state index contributed by atoms with van der Waals surface area (Å²) in [5.74, 6) is -0.524. The first kappa shape index (κ1) is 17.9. The minimum atomic E-state index is -3.37. The Hall–Kier alpha value is -1.11. The van der Waals surface area contributed by atoms with E-state index in [1.54, 1.807) is 0 Å². The van der Waals surface area contributed by atoms with E-state index in [1.807, 2.05) is 30.3 Å². The second-order valence-electron chi connectivity index (χ2n) is 4.23. The van der Waals surface area contributed by atoms with Crippen molar-refractivity contribution in [3.8, 4) is 0 Å². The summed E-state index contributed by atoms with van der Waals surface area (Å²) in [4.78, 5) is 11.6. The van der Waals surface area contributed by atoms with E-state index in [-0.39, 0.29) is 25.0 Å². The Bertz CT molecular complexity index is 505. The molecule has 0 aliphatic carbocycles. The summed E-state index contributed by atoms with van der Waals surface area (Å²) in [6.07, 6.45) is 1.04. The summed E-state index contributed by atoms with van der Waals surface area (Å²) >= 11 is 0. The molecule has 19 heavy (non-hydrogen) atoms. The van der Waals surface area contributed by atoms with Crippen molar-refractivity contribution in [3.63, 3.8) is 0 Å². The number of nitrogens with one attached hydrogen (secondary N) is 1. The molecule has 0 heterocycles. The van der Waals surface area contributed by atoms with Gasteiger partial charge in [0.2, 0.25) is 5.91 Å². The smallest absolute Gasteiger partial charge is 0.238 e. The number of halogens is 1. The number of nitrogens with two attached hydrogens (primary N) is 1. The molecule has 3 N–H and O–H groups in total. The van der Waals surface area contributed by atoms with E-state index in [4.69, 9.17) is 5.73 Å². The van der Waals surface area contributed by atoms with E-state index >= 15 is 0 Å². The summed E-state index contributed by atoms with van der Waals surface area (Å²) in [5.41, 5.74) is 6.78. The minimum Gasteiger partial charge on any atom is -0.353 e. The fraction of sp³-hybridized carbons (Fsp3) is 0.417. The standard InChI is InChI=1S/C12H18N2O3S.ClH/c1-9(18(2,16)17)12(15)14-8-11(13)10-6-4-3-5-7-10;/h3-7,9,11H,8,13H2,1-2H3,(H,14,15);1H. The van der Waals surface area contributed by atoms with E-state index in [0.717, 1.165) is 11.8 Å². The average molecular weight is 307 g/mol. The van der Waals surface area contributed by atoms with Crippen LogP contribution in [0.2, 0.25) is 0 Å². The number of benzene rings is 1. The molecule has 2 atom stereocenters. The van der Waals surface area contributed by atoms with Crippen LogP contribution in [0.1, 0.15) is 18.5 Å². The van der Waals surface area contributed by atoms with Gasteiger partial charge in [0.05, 0.1) is 0 Å². The van der Waals surface area contributed by atoms with Crippen LogP contribution in [0.4, 0.5) is 0 Å². The molecule has 7 heteroatoms. The quantitative estimate of drug-likeness (QED) is 0.836. The van der Waals surface area contributed by atoms with Gasteiger partial charge in [-0.1, -0.05) is 30.3 Å². The highest BCUT2D eigenvalue weighted by Gasteiger charge is 2.23. The van der Waals surface area contributed by atoms with Crippen molar-refractivity contribution in [2.75, 3.05) is 12.8 Å². The van der Waals surface area contributed by atoms with Gasteiger partial charge in [0, 0.05) is 18.8 Å². The molecule has 1 aromatic rings. The van der Waals surface area contributed by atoms with Crippen LogP contribution in [0.5, 0.6) is 0 Å². The molecule has 0 saturated carbocycles. The monoisotopic (exact) mass is 306 g/mol. The Morgan fingerprint density at radius 3 is 2.32 bits per heavy atom. The third kappa shape index (κ3) is 5.59. The predicted molar refractivity (Wildman–Crippen MR) is 77.9 cm³/mol. The van der Waals surface area contributed by atoms with E-state index in [1.165, 1.54) is 6.92 Å². The Kier molecular flexibility index (Phi) is 7.04. The Balaban J connectivity index is 0.00000324. The zero-order valence-corrected chi connectivity index (χ0v) is 12.5. The van der Waals surface area contributed by atoms with Crippen molar-refractivity contribution in [1.29, 1.82) is 0 Å². The van der Waals surface area contributed by atoms with Gasteiger partial charge in [0.15, 0.2) is 9.84 Å². The molecule has 1 aromatic carbocycles. The number of hydrogen-bond donors (Lipinski definition) is 2. The molecule has 0 saturated heterocycles. The lowest BCUT2D eigenvalue weighted by Crippen LogP contribution is -2.40. The first-order valence-electron chi connectivity index (χ1n) is 5.59. The van der Waals surface area contributed by atoms with Gasteiger partial charge in [0.25, 0.3) is 0 Å². The molecule has 1 rings (SSSR count). The van der Waals surface area contributed by atoms with Crippen molar-refractivity contribution < 1.29 is 13.2 Å². The van der Waals surface area contributed by atoms with Crippen molar-refractivity contribution >= 4 is 28.2 Å². The Labute approximate surface area is 119 Å². The van der Waals surface area contributed by atoms with Crippen LogP contribution >= 0.6 is 12.4 Å². The lowest BCUT2D eigenvalue weighted by Gasteiger charge is -2.15. The van der Waals surface area contributed by atoms with Crippen LogP contribution in [0.25, 0.3) is 0 Å². The molecule has 0 aliphatic heterocycles. The highest BCUT2D eigenvalue weighted by molar-refractivity contribution is 7.92. The lowest BCUT2D eigenvalue weighted by molar-refractivity contribution is -0.120. The molecule has 0 fully saturated rings. The van der Waals surface area contributed by atoms with Gasteiger partial charge in [-0.3, -0.25) is 4.79 Å². The van der Waals surface area contributed by atoms with Gasteiger partial charge in [-0.25, -0.2) is 8.42 Å². The number of sulfone groups is 1. The van der Waals surface area contributed by atoms with E-state index in [9.17, 15) is 13.2 Å². The van der Waals surface area contributed by atoms with Gasteiger partial charge in [-0.05, 0) is 12.5 Å². The molecule has 2 unspecified atom stereocenters. The highest BCUT2D eigenvalue weighted by Crippen LogP contribution is 2.08. The van der Waals surface area contributed by atoms with Crippen molar-refractivity contribution in [2.24, 2.45) is 5.73 Å². The lowest BCUT2D eigenvalue weighted by atomic mass is 10.1. The largest absolute Gasteiger partial charge is 0.353 e. The van der Waals surface area contributed by atoms with Crippen molar-refractivity contribution in [2.45, 2.75) is 18.2 Å². The van der Waals surface area contributed by atoms with Crippen LogP contribution < -0.4 is 11.1 Å². The zero-order chi connectivity index (χ0) is 13.8. The topological polar surface area (TPSA) is 89.3 Å². The first-order chi connectivity index (χ1) is 8.32. The molecule has 0 aliphatic rings. The van der Waals surface area contributed by atoms with E-state index in [0.29, 0.717) is 0 Å². The number of hydrogen-bond acceptors (Lipinski definition) is 4. The summed E-state index contributed by atoms with van der Waals surface area (Å²) < 4.78 is 22.4. The summed E-state index contributed by atoms with van der Waals surface area (Å²) in [5, 5.41) is 1.49. The molecule has 0 aromatic heterocycles. The summed E-state index contributed by atoms with van der Waals surface area (Å²) in [7, 11) is -3.37. The van der Waals surface area contributed by atoms with E-state index in [2.05, 4.69) is 5.32 Å². The predicted octanol–water partition coefficient (Wildman–Crippen LogP) is 0.657. The molecule has 108 valence electrons. The second kappa shape index (κ2) is 7.47. The summed E-state index contributed by atoms with van der Waals surface area (Å²) in [6, 6.07) is 8.96. The number of carbonyl (C=O) groups is 1. The van der Waals surface area contributed by atoms with Gasteiger partial charge in [0.1, 0.15) is 5.25 Å². The van der Waals surface area contributed by atoms with E-state index < -0.39 is 21.0 Å². The average Bonchev–Trinajstić information content (AvgIpc) is 2.34. The second-order valence-corrected chi connectivity index (χ2v) is 6.60. The van der Waals surface area contributed by atoms with Crippen LogP contribution in [0.15, 0.2) is 30.3 Å². The maximum Gasteiger partial charge on any atom is 0.238 e. The molecule has 1 amide bonds. The van der Waals surface area contributed by atoms with Crippen molar-refractivity contribution in [1.82, 2.24) is 5.32 Å². The summed E-state index contributed by atoms with van der Waals surface area (Å²) in [6.45, 7) is 1.57. The molecule has 0 spiro atoms. The normalized spacial score (nSPS) is 14.1. The van der Waals surface area contributed by atoms with Gasteiger partial charge in [-0.15, -0.1) is 12.4 Å². The number of rotatable bonds is 5.